The highest BCUT2D eigenvalue weighted by Gasteiger charge is 2.17. The Hall–Kier alpha value is -2.36. The molecule has 22 heavy (non-hydrogen) atoms. The molecule has 1 amide bonds. The van der Waals surface area contributed by atoms with E-state index in [9.17, 15) is 4.79 Å². The van der Waals surface area contributed by atoms with Crippen molar-refractivity contribution in [3.05, 3.63) is 60.2 Å². The first-order chi connectivity index (χ1) is 10.5. The number of nitrogens with zero attached hydrogens (tertiary/aromatic N) is 2. The molecule has 4 nitrogen and oxygen atoms in total. The summed E-state index contributed by atoms with van der Waals surface area (Å²) in [5, 5.41) is 2.90. The van der Waals surface area contributed by atoms with Crippen LogP contribution in [0.2, 0.25) is 0 Å². The third kappa shape index (κ3) is 3.64. The van der Waals surface area contributed by atoms with Gasteiger partial charge in [0, 0.05) is 23.7 Å². The van der Waals surface area contributed by atoms with Crippen molar-refractivity contribution in [1.29, 1.82) is 0 Å². The molecule has 0 aliphatic rings. The fourth-order valence-electron chi connectivity index (χ4n) is 2.46. The number of hydrogen-bond donors (Lipinski definition) is 1. The van der Waals surface area contributed by atoms with Crippen molar-refractivity contribution in [3.63, 3.8) is 0 Å². The standard InChI is InChI=1S/C18H23N3O/c1-5-14(4)18(22)20-16-8-6-15(7-9-16)17(13(2)3)21-11-10-19-12-21/h5-13,17H,1-4H3,(H,20,22)/b14-5+. The van der Waals surface area contributed by atoms with Gasteiger partial charge in [-0.15, -0.1) is 0 Å². The Kier molecular flexibility index (Phi) is 5.15. The smallest absolute Gasteiger partial charge is 0.250 e. The van der Waals surface area contributed by atoms with Crippen LogP contribution in [0.25, 0.3) is 0 Å². The fraction of sp³-hybridized carbons (Fsp3) is 0.333. The topological polar surface area (TPSA) is 46.9 Å². The first-order valence-corrected chi connectivity index (χ1v) is 7.54. The largest absolute Gasteiger partial charge is 0.330 e. The molecule has 0 saturated heterocycles. The van der Waals surface area contributed by atoms with Crippen LogP contribution in [0, 0.1) is 5.92 Å². The second-order valence-corrected chi connectivity index (χ2v) is 5.75. The third-order valence-electron chi connectivity index (χ3n) is 3.78. The number of nitrogens with one attached hydrogen (secondary N) is 1. The average molecular weight is 297 g/mol. The third-order valence-corrected chi connectivity index (χ3v) is 3.78. The van der Waals surface area contributed by atoms with Crippen molar-refractivity contribution in [2.45, 2.75) is 33.7 Å². The fourth-order valence-corrected chi connectivity index (χ4v) is 2.46. The number of carbonyl (C=O) groups excluding carboxylic acids is 1. The number of benzene rings is 1. The summed E-state index contributed by atoms with van der Waals surface area (Å²) >= 11 is 0. The van der Waals surface area contributed by atoms with Gasteiger partial charge in [-0.25, -0.2) is 4.98 Å². The zero-order valence-corrected chi connectivity index (χ0v) is 13.6. The minimum Gasteiger partial charge on any atom is -0.330 e. The van der Waals surface area contributed by atoms with Crippen molar-refractivity contribution < 1.29 is 4.79 Å². The highest BCUT2D eigenvalue weighted by atomic mass is 16.1. The van der Waals surface area contributed by atoms with Gasteiger partial charge < -0.3 is 9.88 Å². The predicted octanol–water partition coefficient (Wildman–Crippen LogP) is 4.03. The van der Waals surface area contributed by atoms with E-state index in [0.717, 1.165) is 5.69 Å². The van der Waals surface area contributed by atoms with E-state index in [2.05, 4.69) is 40.8 Å². The van der Waals surface area contributed by atoms with E-state index in [4.69, 9.17) is 0 Å². The molecule has 4 heteroatoms. The summed E-state index contributed by atoms with van der Waals surface area (Å²) in [6.45, 7) is 8.04. The van der Waals surface area contributed by atoms with Gasteiger partial charge >= 0.3 is 0 Å². The summed E-state index contributed by atoms with van der Waals surface area (Å²) in [6.07, 6.45) is 7.42. The molecule has 0 spiro atoms. The van der Waals surface area contributed by atoms with Crippen LogP contribution >= 0.6 is 0 Å². The summed E-state index contributed by atoms with van der Waals surface area (Å²) in [7, 11) is 0. The molecule has 0 aliphatic heterocycles. The van der Waals surface area contributed by atoms with Crippen LogP contribution in [0.15, 0.2) is 54.6 Å². The van der Waals surface area contributed by atoms with Gasteiger partial charge in [0.05, 0.1) is 12.4 Å². The van der Waals surface area contributed by atoms with Gasteiger partial charge in [-0.2, -0.15) is 0 Å². The normalized spacial score (nSPS) is 13.2. The van der Waals surface area contributed by atoms with E-state index in [0.29, 0.717) is 11.5 Å². The molecule has 1 aromatic carbocycles. The Morgan fingerprint density at radius 1 is 1.27 bits per heavy atom. The molecule has 2 aromatic rings. The van der Waals surface area contributed by atoms with Gasteiger partial charge in [0.1, 0.15) is 0 Å². The number of aromatic nitrogens is 2. The Morgan fingerprint density at radius 3 is 2.45 bits per heavy atom. The zero-order valence-electron chi connectivity index (χ0n) is 13.6. The lowest BCUT2D eigenvalue weighted by molar-refractivity contribution is -0.112. The molecule has 1 atom stereocenters. The van der Waals surface area contributed by atoms with Crippen LogP contribution in [0.3, 0.4) is 0 Å². The lowest BCUT2D eigenvalue weighted by Crippen LogP contribution is -2.16. The number of anilines is 1. The van der Waals surface area contributed by atoms with E-state index >= 15 is 0 Å². The van der Waals surface area contributed by atoms with Crippen LogP contribution in [0.4, 0.5) is 5.69 Å². The van der Waals surface area contributed by atoms with Crippen molar-refractivity contribution in [1.82, 2.24) is 9.55 Å². The molecule has 116 valence electrons. The number of carbonyl (C=O) groups is 1. The minimum atomic E-state index is -0.0646. The van der Waals surface area contributed by atoms with Gasteiger partial charge in [0.2, 0.25) is 0 Å². The summed E-state index contributed by atoms with van der Waals surface area (Å²) in [4.78, 5) is 16.0. The molecule has 0 saturated carbocycles. The number of allylic oxidation sites excluding steroid dienone is 1. The van der Waals surface area contributed by atoms with E-state index in [-0.39, 0.29) is 11.9 Å². The quantitative estimate of drug-likeness (QED) is 0.847. The van der Waals surface area contributed by atoms with E-state index < -0.39 is 0 Å². The maximum atomic E-state index is 11.9. The Bertz CT molecular complexity index is 639. The van der Waals surface area contributed by atoms with Gasteiger partial charge in [-0.3, -0.25) is 4.79 Å². The van der Waals surface area contributed by atoms with Crippen LogP contribution in [-0.4, -0.2) is 15.5 Å². The molecular weight excluding hydrogens is 274 g/mol. The Labute approximate surface area is 131 Å². The predicted molar refractivity (Wildman–Crippen MR) is 89.7 cm³/mol. The Balaban J connectivity index is 2.19. The van der Waals surface area contributed by atoms with Crippen LogP contribution in [0.1, 0.15) is 39.3 Å². The second kappa shape index (κ2) is 7.07. The van der Waals surface area contributed by atoms with Crippen molar-refractivity contribution in [3.8, 4) is 0 Å². The monoisotopic (exact) mass is 297 g/mol. The summed E-state index contributed by atoms with van der Waals surface area (Å²) in [5.74, 6) is 0.380. The number of imidazole rings is 1. The number of rotatable bonds is 5. The number of hydrogen-bond acceptors (Lipinski definition) is 2. The molecule has 0 bridgehead atoms. The highest BCUT2D eigenvalue weighted by Crippen LogP contribution is 2.27. The summed E-state index contributed by atoms with van der Waals surface area (Å²) in [5.41, 5.74) is 2.72. The van der Waals surface area contributed by atoms with Crippen molar-refractivity contribution >= 4 is 11.6 Å². The number of amides is 1. The van der Waals surface area contributed by atoms with Crippen molar-refractivity contribution in [2.75, 3.05) is 5.32 Å². The molecule has 1 heterocycles. The lowest BCUT2D eigenvalue weighted by Gasteiger charge is -2.23. The zero-order chi connectivity index (χ0) is 16.1. The first-order valence-electron chi connectivity index (χ1n) is 7.54. The minimum absolute atomic E-state index is 0.0646. The molecule has 1 N–H and O–H groups in total. The molecule has 0 aliphatic carbocycles. The molecule has 0 fully saturated rings. The van der Waals surface area contributed by atoms with Crippen LogP contribution in [-0.2, 0) is 4.79 Å². The van der Waals surface area contributed by atoms with Crippen molar-refractivity contribution in [2.24, 2.45) is 5.92 Å². The lowest BCUT2D eigenvalue weighted by atomic mass is 9.95. The Morgan fingerprint density at radius 2 is 1.95 bits per heavy atom. The van der Waals surface area contributed by atoms with Gasteiger partial charge in [-0.1, -0.05) is 32.1 Å². The molecule has 1 aromatic heterocycles. The van der Waals surface area contributed by atoms with Crippen LogP contribution in [0.5, 0.6) is 0 Å². The van der Waals surface area contributed by atoms with E-state index in [1.54, 1.807) is 19.2 Å². The summed E-state index contributed by atoms with van der Waals surface area (Å²) in [6, 6.07) is 8.26. The second-order valence-electron chi connectivity index (χ2n) is 5.75. The molecule has 2 rings (SSSR count). The van der Waals surface area contributed by atoms with Gasteiger partial charge in [-0.05, 0) is 37.5 Å². The summed E-state index contributed by atoms with van der Waals surface area (Å²) < 4.78 is 2.11. The van der Waals surface area contributed by atoms with Gasteiger partial charge in [0.15, 0.2) is 0 Å². The maximum absolute atomic E-state index is 11.9. The van der Waals surface area contributed by atoms with Gasteiger partial charge in [0.25, 0.3) is 5.91 Å². The first kappa shape index (κ1) is 16.0. The average Bonchev–Trinajstić information content (AvgIpc) is 3.01. The van der Waals surface area contributed by atoms with Crippen LogP contribution < -0.4 is 5.32 Å². The maximum Gasteiger partial charge on any atom is 0.250 e. The van der Waals surface area contributed by atoms with E-state index in [1.165, 1.54) is 5.56 Å². The highest BCUT2D eigenvalue weighted by molar-refractivity contribution is 6.03. The molecule has 0 radical (unpaired) electrons. The molecule has 1 unspecified atom stereocenters. The molecular formula is C18H23N3O. The van der Waals surface area contributed by atoms with E-state index in [1.807, 2.05) is 31.6 Å². The SMILES string of the molecule is C/C=C(\C)C(=O)Nc1ccc(C(C(C)C)n2ccnc2)cc1.